The molecule has 3 heteroatoms. The maximum Gasteiger partial charge on any atom is 0.108 e. The van der Waals surface area contributed by atoms with Gasteiger partial charge in [-0.05, 0) is 51.0 Å². The highest BCUT2D eigenvalue weighted by atomic mass is 15.2. The first-order valence-electron chi connectivity index (χ1n) is 7.67. The first-order chi connectivity index (χ1) is 8.74. The summed E-state index contributed by atoms with van der Waals surface area (Å²) in [5.74, 6) is 0.901. The van der Waals surface area contributed by atoms with Crippen LogP contribution in [0.3, 0.4) is 0 Å². The van der Waals surface area contributed by atoms with Gasteiger partial charge in [-0.3, -0.25) is 10.2 Å². The van der Waals surface area contributed by atoms with Gasteiger partial charge in [0.05, 0.1) is 6.07 Å². The summed E-state index contributed by atoms with van der Waals surface area (Å²) in [7, 11) is 0. The molecule has 18 heavy (non-hydrogen) atoms. The maximum absolute atomic E-state index is 9.52. The Hall–Kier alpha value is -0.590. The van der Waals surface area contributed by atoms with Crippen molar-refractivity contribution in [2.75, 3.05) is 13.1 Å². The second kappa shape index (κ2) is 4.83. The number of likely N-dealkylation sites (tertiary alicyclic amines) is 1. The van der Waals surface area contributed by atoms with Crippen LogP contribution in [-0.2, 0) is 0 Å². The summed E-state index contributed by atoms with van der Waals surface area (Å²) in [5, 5.41) is 13.1. The molecule has 0 bridgehead atoms. The lowest BCUT2D eigenvalue weighted by Gasteiger charge is -2.27. The van der Waals surface area contributed by atoms with E-state index in [1.54, 1.807) is 0 Å². The van der Waals surface area contributed by atoms with E-state index in [0.29, 0.717) is 12.1 Å². The fraction of sp³-hybridized carbons (Fsp3) is 0.933. The van der Waals surface area contributed by atoms with Crippen LogP contribution in [-0.4, -0.2) is 35.6 Å². The van der Waals surface area contributed by atoms with E-state index in [2.05, 4.69) is 23.2 Å². The minimum atomic E-state index is -0.198. The SMILES string of the molecule is CCC1CCN(C2CCC(C#N)(NC3CC3)C2)C1. The molecule has 2 saturated carbocycles. The zero-order valence-electron chi connectivity index (χ0n) is 11.5. The van der Waals surface area contributed by atoms with Gasteiger partial charge in [-0.15, -0.1) is 0 Å². The summed E-state index contributed by atoms with van der Waals surface area (Å²) in [4.78, 5) is 2.65. The van der Waals surface area contributed by atoms with Crippen LogP contribution in [0, 0.1) is 17.2 Å². The van der Waals surface area contributed by atoms with Gasteiger partial charge in [0, 0.05) is 18.6 Å². The summed E-state index contributed by atoms with van der Waals surface area (Å²) < 4.78 is 0. The lowest BCUT2D eigenvalue weighted by Crippen LogP contribution is -2.44. The van der Waals surface area contributed by atoms with Crippen molar-refractivity contribution in [3.8, 4) is 6.07 Å². The van der Waals surface area contributed by atoms with Crippen LogP contribution in [0.1, 0.15) is 51.9 Å². The average molecular weight is 247 g/mol. The monoisotopic (exact) mass is 247 g/mol. The molecule has 2 aliphatic carbocycles. The Labute approximate surface area is 111 Å². The Kier molecular flexibility index (Phi) is 3.34. The van der Waals surface area contributed by atoms with E-state index in [9.17, 15) is 5.26 Å². The van der Waals surface area contributed by atoms with Crippen molar-refractivity contribution in [2.24, 2.45) is 5.92 Å². The molecule has 0 aromatic carbocycles. The van der Waals surface area contributed by atoms with Gasteiger partial charge >= 0.3 is 0 Å². The molecule has 100 valence electrons. The Bertz CT molecular complexity index is 344. The predicted molar refractivity (Wildman–Crippen MR) is 72.1 cm³/mol. The molecular weight excluding hydrogens is 222 g/mol. The molecule has 1 saturated heterocycles. The highest BCUT2D eigenvalue weighted by molar-refractivity contribution is 5.15. The summed E-state index contributed by atoms with van der Waals surface area (Å²) in [6, 6.07) is 3.89. The van der Waals surface area contributed by atoms with Crippen LogP contribution in [0.2, 0.25) is 0 Å². The molecule has 0 spiro atoms. The Morgan fingerprint density at radius 2 is 2.17 bits per heavy atom. The minimum absolute atomic E-state index is 0.198. The molecule has 0 aromatic rings. The minimum Gasteiger partial charge on any atom is -0.300 e. The highest BCUT2D eigenvalue weighted by Crippen LogP contribution is 2.37. The van der Waals surface area contributed by atoms with Crippen molar-refractivity contribution < 1.29 is 0 Å². The third-order valence-corrected chi connectivity index (χ3v) is 5.17. The summed E-state index contributed by atoms with van der Waals surface area (Å²) in [6.45, 7) is 4.83. The zero-order valence-corrected chi connectivity index (χ0v) is 11.5. The third-order valence-electron chi connectivity index (χ3n) is 5.17. The van der Waals surface area contributed by atoms with Crippen molar-refractivity contribution in [3.63, 3.8) is 0 Å². The molecule has 3 fully saturated rings. The quantitative estimate of drug-likeness (QED) is 0.828. The molecule has 0 aromatic heterocycles. The topological polar surface area (TPSA) is 39.1 Å². The van der Waals surface area contributed by atoms with E-state index in [1.165, 1.54) is 45.2 Å². The Morgan fingerprint density at radius 3 is 2.78 bits per heavy atom. The van der Waals surface area contributed by atoms with E-state index >= 15 is 0 Å². The molecule has 0 amide bonds. The van der Waals surface area contributed by atoms with Gasteiger partial charge in [-0.1, -0.05) is 13.3 Å². The van der Waals surface area contributed by atoms with Crippen molar-refractivity contribution in [3.05, 3.63) is 0 Å². The number of nitrogens with one attached hydrogen (secondary N) is 1. The first kappa shape index (κ1) is 12.4. The lowest BCUT2D eigenvalue weighted by molar-refractivity contribution is 0.227. The zero-order chi connectivity index (χ0) is 12.6. The van der Waals surface area contributed by atoms with Crippen molar-refractivity contribution in [2.45, 2.75) is 69.5 Å². The average Bonchev–Trinajstić information content (AvgIpc) is 2.93. The van der Waals surface area contributed by atoms with E-state index in [1.807, 2.05) is 0 Å². The van der Waals surface area contributed by atoms with Crippen LogP contribution in [0.15, 0.2) is 0 Å². The van der Waals surface area contributed by atoms with Crippen LogP contribution < -0.4 is 5.32 Å². The van der Waals surface area contributed by atoms with E-state index in [4.69, 9.17) is 0 Å². The van der Waals surface area contributed by atoms with E-state index in [0.717, 1.165) is 18.8 Å². The van der Waals surface area contributed by atoms with E-state index in [-0.39, 0.29) is 5.54 Å². The van der Waals surface area contributed by atoms with Gasteiger partial charge in [0.25, 0.3) is 0 Å². The highest BCUT2D eigenvalue weighted by Gasteiger charge is 2.45. The number of nitrogens with zero attached hydrogens (tertiary/aromatic N) is 2. The molecule has 3 nitrogen and oxygen atoms in total. The molecular formula is C15H25N3. The van der Waals surface area contributed by atoms with Crippen LogP contribution in [0.4, 0.5) is 0 Å². The fourth-order valence-electron chi connectivity index (χ4n) is 3.74. The van der Waals surface area contributed by atoms with Crippen molar-refractivity contribution in [1.82, 2.24) is 10.2 Å². The number of nitriles is 1. The first-order valence-corrected chi connectivity index (χ1v) is 7.67. The van der Waals surface area contributed by atoms with Crippen molar-refractivity contribution in [1.29, 1.82) is 5.26 Å². The second-order valence-electron chi connectivity index (χ2n) is 6.57. The second-order valence-corrected chi connectivity index (χ2v) is 6.57. The van der Waals surface area contributed by atoms with Gasteiger partial charge < -0.3 is 0 Å². The van der Waals surface area contributed by atoms with Crippen LogP contribution in [0.5, 0.6) is 0 Å². The number of rotatable bonds is 4. The fourth-order valence-corrected chi connectivity index (χ4v) is 3.74. The predicted octanol–water partition coefficient (Wildman–Crippen LogP) is 2.29. The van der Waals surface area contributed by atoms with Gasteiger partial charge in [0.15, 0.2) is 0 Å². The summed E-state index contributed by atoms with van der Waals surface area (Å²) >= 11 is 0. The van der Waals surface area contributed by atoms with Crippen LogP contribution >= 0.6 is 0 Å². The molecule has 1 N–H and O–H groups in total. The Morgan fingerprint density at radius 1 is 1.33 bits per heavy atom. The normalized spacial score (nSPS) is 41.1. The number of hydrogen-bond donors (Lipinski definition) is 1. The summed E-state index contributed by atoms with van der Waals surface area (Å²) in [6.07, 6.45) is 8.54. The third kappa shape index (κ3) is 2.41. The molecule has 3 aliphatic rings. The van der Waals surface area contributed by atoms with Crippen molar-refractivity contribution >= 4 is 0 Å². The smallest absolute Gasteiger partial charge is 0.108 e. The number of hydrogen-bond acceptors (Lipinski definition) is 3. The van der Waals surface area contributed by atoms with Gasteiger partial charge in [0.1, 0.15) is 5.54 Å². The molecule has 1 aliphatic heterocycles. The maximum atomic E-state index is 9.52. The lowest BCUT2D eigenvalue weighted by atomic mass is 9.99. The van der Waals surface area contributed by atoms with E-state index < -0.39 is 0 Å². The molecule has 3 atom stereocenters. The van der Waals surface area contributed by atoms with Gasteiger partial charge in [-0.2, -0.15) is 5.26 Å². The Balaban J connectivity index is 1.58. The molecule has 0 radical (unpaired) electrons. The van der Waals surface area contributed by atoms with Gasteiger partial charge in [0.2, 0.25) is 0 Å². The standard InChI is InChI=1S/C15H25N3/c1-2-12-6-8-18(10-12)14-5-7-15(9-14,11-16)17-13-3-4-13/h12-14,17H,2-10H2,1H3. The molecule has 1 heterocycles. The van der Waals surface area contributed by atoms with Gasteiger partial charge in [-0.25, -0.2) is 0 Å². The molecule has 3 unspecified atom stereocenters. The summed E-state index contributed by atoms with van der Waals surface area (Å²) in [5.41, 5.74) is -0.198. The molecule has 3 rings (SSSR count). The van der Waals surface area contributed by atoms with Crippen LogP contribution in [0.25, 0.3) is 0 Å². The largest absolute Gasteiger partial charge is 0.300 e.